The van der Waals surface area contributed by atoms with Crippen LogP contribution in [0, 0.1) is 0 Å². The van der Waals surface area contributed by atoms with Crippen LogP contribution in [0.2, 0.25) is 0 Å². The van der Waals surface area contributed by atoms with Gasteiger partial charge in [-0.15, -0.1) is 0 Å². The zero-order valence-corrected chi connectivity index (χ0v) is 9.50. The molecule has 0 aromatic heterocycles. The van der Waals surface area contributed by atoms with E-state index in [4.69, 9.17) is 5.73 Å². The first-order valence-electron chi connectivity index (χ1n) is 6.26. The first kappa shape index (κ1) is 10.9. The summed E-state index contributed by atoms with van der Waals surface area (Å²) < 4.78 is 0. The smallest absolute Gasteiger partial charge is 0.224 e. The van der Waals surface area contributed by atoms with Gasteiger partial charge in [-0.3, -0.25) is 4.79 Å². The molecule has 1 saturated heterocycles. The van der Waals surface area contributed by atoms with Crippen molar-refractivity contribution in [2.75, 3.05) is 13.1 Å². The molecule has 1 saturated carbocycles. The lowest BCUT2D eigenvalue weighted by Gasteiger charge is -2.38. The van der Waals surface area contributed by atoms with E-state index in [0.29, 0.717) is 12.3 Å². The SMILES string of the molecule is NC1(CC(=O)N2CCCCCC2)CCC1. The molecule has 0 aromatic carbocycles. The Morgan fingerprint density at radius 1 is 1.07 bits per heavy atom. The molecule has 0 radical (unpaired) electrons. The molecule has 1 aliphatic carbocycles. The maximum absolute atomic E-state index is 12.0. The van der Waals surface area contributed by atoms with Gasteiger partial charge < -0.3 is 10.6 Å². The minimum absolute atomic E-state index is 0.149. The maximum atomic E-state index is 12.0. The first-order valence-corrected chi connectivity index (χ1v) is 6.26. The highest BCUT2D eigenvalue weighted by molar-refractivity contribution is 5.77. The second-order valence-electron chi connectivity index (χ2n) is 5.19. The van der Waals surface area contributed by atoms with Crippen molar-refractivity contribution in [1.82, 2.24) is 4.90 Å². The first-order chi connectivity index (χ1) is 7.20. The third-order valence-corrected chi connectivity index (χ3v) is 3.81. The molecule has 2 aliphatic rings. The van der Waals surface area contributed by atoms with E-state index in [1.807, 2.05) is 4.90 Å². The Labute approximate surface area is 92.0 Å². The Morgan fingerprint density at radius 2 is 1.67 bits per heavy atom. The van der Waals surface area contributed by atoms with Crippen LogP contribution in [-0.2, 0) is 4.79 Å². The van der Waals surface area contributed by atoms with Crippen molar-refractivity contribution in [3.05, 3.63) is 0 Å². The van der Waals surface area contributed by atoms with Crippen LogP contribution in [0.15, 0.2) is 0 Å². The highest BCUT2D eigenvalue weighted by Gasteiger charge is 2.35. The minimum atomic E-state index is -0.149. The van der Waals surface area contributed by atoms with Gasteiger partial charge in [0.25, 0.3) is 0 Å². The third-order valence-electron chi connectivity index (χ3n) is 3.81. The molecule has 0 bridgehead atoms. The summed E-state index contributed by atoms with van der Waals surface area (Å²) in [4.78, 5) is 14.0. The quantitative estimate of drug-likeness (QED) is 0.753. The summed E-state index contributed by atoms with van der Waals surface area (Å²) in [6.45, 7) is 1.91. The third kappa shape index (κ3) is 2.71. The van der Waals surface area contributed by atoms with Crippen molar-refractivity contribution >= 4 is 5.91 Å². The van der Waals surface area contributed by atoms with Gasteiger partial charge >= 0.3 is 0 Å². The van der Waals surface area contributed by atoms with E-state index in [-0.39, 0.29) is 5.54 Å². The number of amides is 1. The van der Waals surface area contributed by atoms with Gasteiger partial charge in [0.1, 0.15) is 0 Å². The van der Waals surface area contributed by atoms with Crippen molar-refractivity contribution in [3.63, 3.8) is 0 Å². The zero-order valence-electron chi connectivity index (χ0n) is 9.50. The Bertz CT molecular complexity index is 228. The van der Waals surface area contributed by atoms with Crippen molar-refractivity contribution in [2.45, 2.75) is 56.9 Å². The molecule has 3 heteroatoms. The molecule has 86 valence electrons. The number of hydrogen-bond donors (Lipinski definition) is 1. The molecule has 0 spiro atoms. The standard InChI is InChI=1S/C12H22N2O/c13-12(6-5-7-12)10-11(15)14-8-3-1-2-4-9-14/h1-10,13H2. The van der Waals surface area contributed by atoms with Crippen LogP contribution in [0.25, 0.3) is 0 Å². The second-order valence-corrected chi connectivity index (χ2v) is 5.19. The highest BCUT2D eigenvalue weighted by Crippen LogP contribution is 2.32. The van der Waals surface area contributed by atoms with Crippen LogP contribution in [0.4, 0.5) is 0 Å². The molecule has 3 nitrogen and oxygen atoms in total. The fraction of sp³-hybridized carbons (Fsp3) is 0.917. The lowest BCUT2D eigenvalue weighted by atomic mass is 9.75. The number of nitrogens with zero attached hydrogens (tertiary/aromatic N) is 1. The highest BCUT2D eigenvalue weighted by atomic mass is 16.2. The molecule has 2 N–H and O–H groups in total. The van der Waals surface area contributed by atoms with Crippen molar-refractivity contribution in [2.24, 2.45) is 5.73 Å². The lowest BCUT2D eigenvalue weighted by Crippen LogP contribution is -2.50. The molecular formula is C12H22N2O. The molecule has 15 heavy (non-hydrogen) atoms. The Kier molecular flexibility index (Phi) is 3.29. The zero-order chi connectivity index (χ0) is 10.7. The molecular weight excluding hydrogens is 188 g/mol. The molecule has 2 fully saturated rings. The fourth-order valence-corrected chi connectivity index (χ4v) is 2.54. The van der Waals surface area contributed by atoms with Crippen LogP contribution in [0.3, 0.4) is 0 Å². The van der Waals surface area contributed by atoms with Crippen molar-refractivity contribution in [3.8, 4) is 0 Å². The summed E-state index contributed by atoms with van der Waals surface area (Å²) in [6.07, 6.45) is 8.73. The van der Waals surface area contributed by atoms with E-state index >= 15 is 0 Å². The van der Waals surface area contributed by atoms with Crippen molar-refractivity contribution < 1.29 is 4.79 Å². The number of nitrogens with two attached hydrogens (primary N) is 1. The van der Waals surface area contributed by atoms with Crippen LogP contribution >= 0.6 is 0 Å². The van der Waals surface area contributed by atoms with Gasteiger partial charge in [-0.2, -0.15) is 0 Å². The molecule has 0 aromatic rings. The Balaban J connectivity index is 1.83. The van der Waals surface area contributed by atoms with Gasteiger partial charge in [-0.05, 0) is 32.1 Å². The van der Waals surface area contributed by atoms with Gasteiger partial charge in [-0.25, -0.2) is 0 Å². The van der Waals surface area contributed by atoms with Gasteiger partial charge in [0.05, 0.1) is 0 Å². The number of likely N-dealkylation sites (tertiary alicyclic amines) is 1. The second kappa shape index (κ2) is 4.52. The Hall–Kier alpha value is -0.570. The van der Waals surface area contributed by atoms with Crippen LogP contribution in [0.1, 0.15) is 51.4 Å². The summed E-state index contributed by atoms with van der Waals surface area (Å²) in [6, 6.07) is 0. The summed E-state index contributed by atoms with van der Waals surface area (Å²) in [5.74, 6) is 0.291. The van der Waals surface area contributed by atoms with E-state index in [0.717, 1.165) is 25.9 Å². The topological polar surface area (TPSA) is 46.3 Å². The normalized spacial score (nSPS) is 25.5. The molecule has 1 amide bonds. The average molecular weight is 210 g/mol. The molecule has 2 rings (SSSR count). The number of carbonyl (C=O) groups is 1. The molecule has 1 aliphatic heterocycles. The largest absolute Gasteiger partial charge is 0.343 e. The summed E-state index contributed by atoms with van der Waals surface area (Å²) in [5, 5.41) is 0. The van der Waals surface area contributed by atoms with Crippen LogP contribution < -0.4 is 5.73 Å². The predicted octanol–water partition coefficient (Wildman–Crippen LogP) is 1.66. The summed E-state index contributed by atoms with van der Waals surface area (Å²) >= 11 is 0. The molecule has 0 unspecified atom stereocenters. The van der Waals surface area contributed by atoms with Gasteiger partial charge in [0, 0.05) is 25.0 Å². The number of hydrogen-bond acceptors (Lipinski definition) is 2. The van der Waals surface area contributed by atoms with Gasteiger partial charge in [0.2, 0.25) is 5.91 Å². The fourth-order valence-electron chi connectivity index (χ4n) is 2.54. The van der Waals surface area contributed by atoms with E-state index < -0.39 is 0 Å². The molecule has 1 heterocycles. The number of carbonyl (C=O) groups excluding carboxylic acids is 1. The van der Waals surface area contributed by atoms with Crippen LogP contribution in [-0.4, -0.2) is 29.4 Å². The van der Waals surface area contributed by atoms with E-state index in [1.54, 1.807) is 0 Å². The average Bonchev–Trinajstić information content (AvgIpc) is 2.43. The monoisotopic (exact) mass is 210 g/mol. The maximum Gasteiger partial charge on any atom is 0.224 e. The summed E-state index contributed by atoms with van der Waals surface area (Å²) in [7, 11) is 0. The van der Waals surface area contributed by atoms with Gasteiger partial charge in [0.15, 0.2) is 0 Å². The van der Waals surface area contributed by atoms with E-state index in [9.17, 15) is 4.79 Å². The minimum Gasteiger partial charge on any atom is -0.343 e. The van der Waals surface area contributed by atoms with Gasteiger partial charge in [-0.1, -0.05) is 12.8 Å². The van der Waals surface area contributed by atoms with Crippen LogP contribution in [0.5, 0.6) is 0 Å². The summed E-state index contributed by atoms with van der Waals surface area (Å²) in [5.41, 5.74) is 5.95. The number of rotatable bonds is 2. The van der Waals surface area contributed by atoms with E-state index in [2.05, 4.69) is 0 Å². The van der Waals surface area contributed by atoms with E-state index in [1.165, 1.54) is 32.1 Å². The molecule has 0 atom stereocenters. The lowest BCUT2D eigenvalue weighted by molar-refractivity contribution is -0.133. The Morgan fingerprint density at radius 3 is 2.13 bits per heavy atom. The predicted molar refractivity (Wildman–Crippen MR) is 60.4 cm³/mol. The van der Waals surface area contributed by atoms with Crippen molar-refractivity contribution in [1.29, 1.82) is 0 Å².